The molecule has 0 bridgehead atoms. The van der Waals surface area contributed by atoms with Crippen molar-refractivity contribution in [2.45, 2.75) is 6.92 Å². The minimum absolute atomic E-state index is 0.275. The van der Waals surface area contributed by atoms with E-state index in [1.54, 1.807) is 11.3 Å². The summed E-state index contributed by atoms with van der Waals surface area (Å²) >= 11 is 1.60. The molecule has 0 amide bonds. The molecule has 0 atom stereocenters. The molecule has 0 unspecified atom stereocenters. The summed E-state index contributed by atoms with van der Waals surface area (Å²) in [6, 6.07) is 11.8. The van der Waals surface area contributed by atoms with Crippen molar-refractivity contribution in [3.63, 3.8) is 0 Å². The lowest BCUT2D eigenvalue weighted by Gasteiger charge is -2.03. The van der Waals surface area contributed by atoms with Gasteiger partial charge in [0.15, 0.2) is 0 Å². The number of carbonyl (C=O) groups is 1. The van der Waals surface area contributed by atoms with Crippen molar-refractivity contribution in [3.05, 3.63) is 47.3 Å². The highest BCUT2D eigenvalue weighted by Gasteiger charge is 2.20. The van der Waals surface area contributed by atoms with Gasteiger partial charge in [0.25, 0.3) is 0 Å². The number of benzene rings is 1. The summed E-state index contributed by atoms with van der Waals surface area (Å²) in [7, 11) is 0. The van der Waals surface area contributed by atoms with Crippen LogP contribution >= 0.6 is 11.3 Å². The van der Waals surface area contributed by atoms with E-state index in [2.05, 4.69) is 4.98 Å². The highest BCUT2D eigenvalue weighted by Crippen LogP contribution is 2.33. The van der Waals surface area contributed by atoms with E-state index in [4.69, 9.17) is 4.74 Å². The average molecular weight is 271 g/mol. The SMILES string of the molecule is CCOC(=O)c1c(-c2cccs2)[nH]c2ccccc12. The van der Waals surface area contributed by atoms with Crippen LogP contribution in [-0.2, 0) is 4.74 Å². The summed E-state index contributed by atoms with van der Waals surface area (Å²) in [6.45, 7) is 2.19. The Bertz CT molecular complexity index is 713. The normalized spacial score (nSPS) is 10.8. The molecular weight excluding hydrogens is 258 g/mol. The molecule has 3 aromatic rings. The number of H-pyrrole nitrogens is 1. The molecule has 0 spiro atoms. The highest BCUT2D eigenvalue weighted by atomic mass is 32.1. The highest BCUT2D eigenvalue weighted by molar-refractivity contribution is 7.13. The van der Waals surface area contributed by atoms with Gasteiger partial charge >= 0.3 is 5.97 Å². The topological polar surface area (TPSA) is 42.1 Å². The van der Waals surface area contributed by atoms with E-state index in [9.17, 15) is 4.79 Å². The summed E-state index contributed by atoms with van der Waals surface area (Å²) in [5.74, 6) is -0.275. The van der Waals surface area contributed by atoms with Crippen LogP contribution in [0.4, 0.5) is 0 Å². The number of esters is 1. The van der Waals surface area contributed by atoms with Gasteiger partial charge in [-0.25, -0.2) is 4.79 Å². The molecule has 1 N–H and O–H groups in total. The molecule has 96 valence electrons. The molecule has 1 aromatic carbocycles. The fourth-order valence-corrected chi connectivity index (χ4v) is 2.89. The molecule has 0 aliphatic rings. The second-order valence-electron chi connectivity index (χ2n) is 4.12. The molecule has 0 saturated carbocycles. The predicted octanol–water partition coefficient (Wildman–Crippen LogP) is 4.07. The van der Waals surface area contributed by atoms with E-state index < -0.39 is 0 Å². The van der Waals surface area contributed by atoms with Gasteiger partial charge in [0.2, 0.25) is 0 Å². The fraction of sp³-hybridized carbons (Fsp3) is 0.133. The van der Waals surface area contributed by atoms with Gasteiger partial charge < -0.3 is 9.72 Å². The Balaban J connectivity index is 2.25. The predicted molar refractivity (Wildman–Crippen MR) is 77.6 cm³/mol. The van der Waals surface area contributed by atoms with E-state index in [-0.39, 0.29) is 5.97 Å². The molecule has 0 saturated heterocycles. The number of para-hydroxylation sites is 1. The minimum Gasteiger partial charge on any atom is -0.462 e. The van der Waals surface area contributed by atoms with Gasteiger partial charge in [0.1, 0.15) is 0 Å². The third-order valence-electron chi connectivity index (χ3n) is 2.95. The third-order valence-corrected chi connectivity index (χ3v) is 3.84. The van der Waals surface area contributed by atoms with Crippen molar-refractivity contribution in [2.24, 2.45) is 0 Å². The van der Waals surface area contributed by atoms with E-state index >= 15 is 0 Å². The molecule has 2 aromatic heterocycles. The number of nitrogens with one attached hydrogen (secondary N) is 1. The van der Waals surface area contributed by atoms with E-state index in [1.165, 1.54) is 0 Å². The summed E-state index contributed by atoms with van der Waals surface area (Å²) in [4.78, 5) is 16.6. The number of carbonyl (C=O) groups excluding carboxylic acids is 1. The number of hydrogen-bond acceptors (Lipinski definition) is 3. The molecule has 3 rings (SSSR count). The number of thiophene rings is 1. The first-order valence-electron chi connectivity index (χ1n) is 6.13. The summed E-state index contributed by atoms with van der Waals surface area (Å²) < 4.78 is 5.18. The Hall–Kier alpha value is -2.07. The number of ether oxygens (including phenoxy) is 1. The third kappa shape index (κ3) is 2.04. The quantitative estimate of drug-likeness (QED) is 0.729. The maximum atomic E-state index is 12.2. The largest absolute Gasteiger partial charge is 0.462 e. The molecule has 3 nitrogen and oxygen atoms in total. The molecule has 4 heteroatoms. The summed E-state index contributed by atoms with van der Waals surface area (Å²) in [5, 5.41) is 2.90. The average Bonchev–Trinajstić information content (AvgIpc) is 3.06. The standard InChI is InChI=1S/C15H13NO2S/c1-2-18-15(17)13-10-6-3-4-7-11(10)16-14(13)12-8-5-9-19-12/h3-9,16H,2H2,1H3. The zero-order chi connectivity index (χ0) is 13.2. The van der Waals surface area contributed by atoms with Gasteiger partial charge in [-0.3, -0.25) is 0 Å². The Kier molecular flexibility index (Phi) is 3.09. The molecule has 19 heavy (non-hydrogen) atoms. The lowest BCUT2D eigenvalue weighted by Crippen LogP contribution is -2.05. The van der Waals surface area contributed by atoms with Crippen LogP contribution in [0.2, 0.25) is 0 Å². The van der Waals surface area contributed by atoms with Gasteiger partial charge in [0, 0.05) is 10.9 Å². The monoisotopic (exact) mass is 271 g/mol. The number of aromatic nitrogens is 1. The zero-order valence-corrected chi connectivity index (χ0v) is 11.3. The first-order valence-corrected chi connectivity index (χ1v) is 7.01. The number of hydrogen-bond donors (Lipinski definition) is 1. The first kappa shape index (κ1) is 12.0. The summed E-state index contributed by atoms with van der Waals surface area (Å²) in [5.41, 5.74) is 2.42. The summed E-state index contributed by atoms with van der Waals surface area (Å²) in [6.07, 6.45) is 0. The minimum atomic E-state index is -0.275. The van der Waals surface area contributed by atoms with Crippen molar-refractivity contribution in [3.8, 4) is 10.6 Å². The van der Waals surface area contributed by atoms with Gasteiger partial charge in [-0.2, -0.15) is 0 Å². The van der Waals surface area contributed by atoms with Crippen molar-refractivity contribution in [2.75, 3.05) is 6.61 Å². The Labute approximate surface area is 114 Å². The van der Waals surface area contributed by atoms with Crippen LogP contribution in [0.1, 0.15) is 17.3 Å². The van der Waals surface area contributed by atoms with Crippen molar-refractivity contribution in [1.82, 2.24) is 4.98 Å². The fourth-order valence-electron chi connectivity index (χ4n) is 2.16. The van der Waals surface area contributed by atoms with Crippen LogP contribution in [0, 0.1) is 0 Å². The van der Waals surface area contributed by atoms with Crippen LogP contribution in [0.5, 0.6) is 0 Å². The molecule has 0 fully saturated rings. The lowest BCUT2D eigenvalue weighted by molar-refractivity contribution is 0.0529. The maximum Gasteiger partial charge on any atom is 0.340 e. The van der Waals surface area contributed by atoms with E-state index in [1.807, 2.05) is 48.7 Å². The second-order valence-corrected chi connectivity index (χ2v) is 5.07. The molecule has 2 heterocycles. The van der Waals surface area contributed by atoms with Crippen LogP contribution in [0.3, 0.4) is 0 Å². The van der Waals surface area contributed by atoms with Crippen molar-refractivity contribution in [1.29, 1.82) is 0 Å². The number of aromatic amines is 1. The van der Waals surface area contributed by atoms with Crippen LogP contribution in [-0.4, -0.2) is 17.6 Å². The molecular formula is C15H13NO2S. The first-order chi connectivity index (χ1) is 9.31. The lowest BCUT2D eigenvalue weighted by atomic mass is 10.1. The van der Waals surface area contributed by atoms with Crippen molar-refractivity contribution >= 4 is 28.2 Å². The van der Waals surface area contributed by atoms with Gasteiger partial charge in [-0.15, -0.1) is 11.3 Å². The Morgan fingerprint density at radius 2 is 2.11 bits per heavy atom. The van der Waals surface area contributed by atoms with E-state index in [0.29, 0.717) is 12.2 Å². The Morgan fingerprint density at radius 3 is 2.84 bits per heavy atom. The number of rotatable bonds is 3. The second kappa shape index (κ2) is 4.90. The van der Waals surface area contributed by atoms with Crippen LogP contribution in [0.15, 0.2) is 41.8 Å². The molecule has 0 radical (unpaired) electrons. The van der Waals surface area contributed by atoms with Crippen LogP contribution < -0.4 is 0 Å². The Morgan fingerprint density at radius 1 is 1.26 bits per heavy atom. The smallest absolute Gasteiger partial charge is 0.340 e. The van der Waals surface area contributed by atoms with Crippen molar-refractivity contribution < 1.29 is 9.53 Å². The molecule has 0 aliphatic heterocycles. The van der Waals surface area contributed by atoms with E-state index in [0.717, 1.165) is 21.5 Å². The zero-order valence-electron chi connectivity index (χ0n) is 10.5. The number of fused-ring (bicyclic) bond motifs is 1. The van der Waals surface area contributed by atoms with Gasteiger partial charge in [-0.1, -0.05) is 24.3 Å². The molecule has 0 aliphatic carbocycles. The van der Waals surface area contributed by atoms with Gasteiger partial charge in [-0.05, 0) is 24.4 Å². The van der Waals surface area contributed by atoms with Gasteiger partial charge in [0.05, 0.1) is 22.7 Å². The maximum absolute atomic E-state index is 12.2. The van der Waals surface area contributed by atoms with Crippen LogP contribution in [0.25, 0.3) is 21.5 Å².